The summed E-state index contributed by atoms with van der Waals surface area (Å²) in [6.45, 7) is 1.23. The van der Waals surface area contributed by atoms with Gasteiger partial charge in [0, 0.05) is 18.1 Å². The minimum Gasteiger partial charge on any atom is -0.494 e. The molecule has 1 saturated heterocycles. The Hall–Kier alpha value is -1.70. The zero-order chi connectivity index (χ0) is 16.8. The van der Waals surface area contributed by atoms with Crippen LogP contribution in [0, 0.1) is 0 Å². The highest BCUT2D eigenvalue weighted by molar-refractivity contribution is 7.15. The van der Waals surface area contributed by atoms with Gasteiger partial charge in [-0.15, -0.1) is 10.2 Å². The van der Waals surface area contributed by atoms with Crippen molar-refractivity contribution in [3.63, 3.8) is 0 Å². The van der Waals surface area contributed by atoms with Gasteiger partial charge in [-0.3, -0.25) is 4.79 Å². The summed E-state index contributed by atoms with van der Waals surface area (Å²) in [6.07, 6.45) is 3.01. The largest absolute Gasteiger partial charge is 0.494 e. The number of ether oxygens (including phenoxy) is 2. The average molecular weight is 368 g/mol. The fraction of sp³-hybridized carbons (Fsp3) is 0.438. The van der Waals surface area contributed by atoms with E-state index in [4.69, 9.17) is 21.1 Å². The Morgan fingerprint density at radius 3 is 2.96 bits per heavy atom. The van der Waals surface area contributed by atoms with E-state index in [1.165, 1.54) is 11.3 Å². The summed E-state index contributed by atoms with van der Waals surface area (Å²) in [7, 11) is 0. The molecule has 24 heavy (non-hydrogen) atoms. The molecule has 1 atom stereocenters. The molecule has 8 heteroatoms. The van der Waals surface area contributed by atoms with E-state index in [0.29, 0.717) is 29.6 Å². The SMILES string of the molecule is O=C(CCCOc1ccc(Cl)cc1)Nc1nnc([C@@H]2CCCO2)s1. The zero-order valence-corrected chi connectivity index (χ0v) is 14.6. The highest BCUT2D eigenvalue weighted by Gasteiger charge is 2.22. The summed E-state index contributed by atoms with van der Waals surface area (Å²) in [5.74, 6) is 0.648. The first-order chi connectivity index (χ1) is 11.7. The summed E-state index contributed by atoms with van der Waals surface area (Å²) in [5.41, 5.74) is 0. The smallest absolute Gasteiger partial charge is 0.226 e. The van der Waals surface area contributed by atoms with E-state index in [1.807, 2.05) is 0 Å². The number of carbonyl (C=O) groups excluding carboxylic acids is 1. The quantitative estimate of drug-likeness (QED) is 0.752. The summed E-state index contributed by atoms with van der Waals surface area (Å²) in [6, 6.07) is 7.14. The second-order valence-electron chi connectivity index (χ2n) is 5.40. The molecule has 3 rings (SSSR count). The lowest BCUT2D eigenvalue weighted by atomic mass is 10.2. The zero-order valence-electron chi connectivity index (χ0n) is 13.0. The van der Waals surface area contributed by atoms with Gasteiger partial charge in [0.15, 0.2) is 0 Å². The van der Waals surface area contributed by atoms with E-state index in [9.17, 15) is 4.79 Å². The molecular weight excluding hydrogens is 350 g/mol. The van der Waals surface area contributed by atoms with Crippen LogP contribution in [-0.4, -0.2) is 29.3 Å². The van der Waals surface area contributed by atoms with Crippen molar-refractivity contribution in [3.05, 3.63) is 34.3 Å². The van der Waals surface area contributed by atoms with Crippen molar-refractivity contribution in [1.29, 1.82) is 0 Å². The van der Waals surface area contributed by atoms with Crippen molar-refractivity contribution in [2.45, 2.75) is 31.8 Å². The minimum absolute atomic E-state index is 0.0286. The highest BCUT2D eigenvalue weighted by atomic mass is 35.5. The Kier molecular flexibility index (Phi) is 6.01. The molecule has 1 aromatic heterocycles. The molecule has 1 fully saturated rings. The molecule has 2 heterocycles. The van der Waals surface area contributed by atoms with Crippen molar-refractivity contribution in [3.8, 4) is 5.75 Å². The second-order valence-corrected chi connectivity index (χ2v) is 6.85. The second kappa shape index (κ2) is 8.41. The number of nitrogens with zero attached hydrogens (tertiary/aromatic N) is 2. The van der Waals surface area contributed by atoms with Crippen molar-refractivity contribution in [1.82, 2.24) is 10.2 Å². The summed E-state index contributed by atoms with van der Waals surface area (Å²) in [4.78, 5) is 11.9. The van der Waals surface area contributed by atoms with Crippen molar-refractivity contribution < 1.29 is 14.3 Å². The molecule has 128 valence electrons. The van der Waals surface area contributed by atoms with E-state index >= 15 is 0 Å². The Labute approximate surface area is 149 Å². The first-order valence-corrected chi connectivity index (χ1v) is 9.03. The fourth-order valence-electron chi connectivity index (χ4n) is 2.32. The molecule has 1 N–H and O–H groups in total. The standard InChI is InChI=1S/C16H18ClN3O3S/c17-11-5-7-12(8-6-11)22-9-2-4-14(21)18-16-20-19-15(24-16)13-3-1-10-23-13/h5-8,13H,1-4,9-10H2,(H,18,20,21)/t13-/m0/s1. The fourth-order valence-corrected chi connectivity index (χ4v) is 3.29. The van der Waals surface area contributed by atoms with Gasteiger partial charge in [-0.1, -0.05) is 22.9 Å². The molecule has 0 saturated carbocycles. The maximum Gasteiger partial charge on any atom is 0.226 e. The lowest BCUT2D eigenvalue weighted by molar-refractivity contribution is -0.116. The maximum absolute atomic E-state index is 11.9. The Balaban J connectivity index is 1.37. The summed E-state index contributed by atoms with van der Waals surface area (Å²) < 4.78 is 11.1. The number of halogens is 1. The van der Waals surface area contributed by atoms with Crippen LogP contribution in [0.1, 0.15) is 36.8 Å². The van der Waals surface area contributed by atoms with Crippen molar-refractivity contribution >= 4 is 34.0 Å². The average Bonchev–Trinajstić information content (AvgIpc) is 3.24. The summed E-state index contributed by atoms with van der Waals surface area (Å²) >= 11 is 7.18. The van der Waals surface area contributed by atoms with E-state index in [0.717, 1.165) is 30.2 Å². The molecular formula is C16H18ClN3O3S. The number of carbonyl (C=O) groups is 1. The molecule has 1 aliphatic heterocycles. The number of rotatable bonds is 7. The Bertz CT molecular complexity index is 671. The molecule has 1 amide bonds. The number of amides is 1. The summed E-state index contributed by atoms with van der Waals surface area (Å²) in [5, 5.41) is 12.9. The molecule has 6 nitrogen and oxygen atoms in total. The van der Waals surface area contributed by atoms with E-state index in [1.54, 1.807) is 24.3 Å². The number of anilines is 1. The number of nitrogens with one attached hydrogen (secondary N) is 1. The molecule has 2 aromatic rings. The van der Waals surface area contributed by atoms with E-state index < -0.39 is 0 Å². The predicted octanol–water partition coefficient (Wildman–Crippen LogP) is 3.84. The first kappa shape index (κ1) is 17.1. The van der Waals surface area contributed by atoms with Crippen LogP contribution in [0.3, 0.4) is 0 Å². The minimum atomic E-state index is -0.0928. The molecule has 0 bridgehead atoms. The molecule has 0 aliphatic carbocycles. The van der Waals surface area contributed by atoms with Crippen LogP contribution in [0.2, 0.25) is 5.02 Å². The van der Waals surface area contributed by atoms with Gasteiger partial charge in [-0.2, -0.15) is 0 Å². The van der Waals surface area contributed by atoms with Crippen LogP contribution in [-0.2, 0) is 9.53 Å². The van der Waals surface area contributed by atoms with Gasteiger partial charge in [-0.05, 0) is 43.5 Å². The number of benzene rings is 1. The monoisotopic (exact) mass is 367 g/mol. The van der Waals surface area contributed by atoms with E-state index in [-0.39, 0.29) is 12.0 Å². The number of aromatic nitrogens is 2. The number of hydrogen-bond acceptors (Lipinski definition) is 6. The Morgan fingerprint density at radius 2 is 2.21 bits per heavy atom. The van der Waals surface area contributed by atoms with Gasteiger partial charge in [-0.25, -0.2) is 0 Å². The molecule has 1 aliphatic rings. The van der Waals surface area contributed by atoms with Crippen LogP contribution in [0.4, 0.5) is 5.13 Å². The van der Waals surface area contributed by atoms with Crippen LogP contribution in [0.5, 0.6) is 5.75 Å². The third kappa shape index (κ3) is 4.90. The van der Waals surface area contributed by atoms with Gasteiger partial charge in [0.1, 0.15) is 16.9 Å². The molecule has 1 aromatic carbocycles. The predicted molar refractivity (Wildman–Crippen MR) is 92.6 cm³/mol. The van der Waals surface area contributed by atoms with Gasteiger partial charge in [0.2, 0.25) is 11.0 Å². The molecule has 0 spiro atoms. The van der Waals surface area contributed by atoms with Crippen LogP contribution in [0.15, 0.2) is 24.3 Å². The van der Waals surface area contributed by atoms with Crippen LogP contribution >= 0.6 is 22.9 Å². The molecule has 0 radical (unpaired) electrons. The highest BCUT2D eigenvalue weighted by Crippen LogP contribution is 2.31. The van der Waals surface area contributed by atoms with Crippen LogP contribution in [0.25, 0.3) is 0 Å². The lowest BCUT2D eigenvalue weighted by Gasteiger charge is -2.06. The van der Waals surface area contributed by atoms with Crippen LogP contribution < -0.4 is 10.1 Å². The Morgan fingerprint density at radius 1 is 1.38 bits per heavy atom. The van der Waals surface area contributed by atoms with Gasteiger partial charge in [0.25, 0.3) is 0 Å². The van der Waals surface area contributed by atoms with E-state index in [2.05, 4.69) is 15.5 Å². The lowest BCUT2D eigenvalue weighted by Crippen LogP contribution is -2.12. The third-order valence-corrected chi connectivity index (χ3v) is 4.71. The van der Waals surface area contributed by atoms with Gasteiger partial charge in [0.05, 0.1) is 6.61 Å². The topological polar surface area (TPSA) is 73.3 Å². The maximum atomic E-state index is 11.9. The van der Waals surface area contributed by atoms with Gasteiger partial charge >= 0.3 is 0 Å². The normalized spacial score (nSPS) is 17.0. The first-order valence-electron chi connectivity index (χ1n) is 7.84. The van der Waals surface area contributed by atoms with Crippen molar-refractivity contribution in [2.24, 2.45) is 0 Å². The number of hydrogen-bond donors (Lipinski definition) is 1. The van der Waals surface area contributed by atoms with Crippen molar-refractivity contribution in [2.75, 3.05) is 18.5 Å². The van der Waals surface area contributed by atoms with Gasteiger partial charge < -0.3 is 14.8 Å². The molecule has 0 unspecified atom stereocenters. The third-order valence-electron chi connectivity index (χ3n) is 3.52.